The van der Waals surface area contributed by atoms with Gasteiger partial charge in [-0.1, -0.05) is 11.3 Å². The SMILES string of the molecule is CC(=O)N[C@@H](C)CO[C@H]1C[C@H](COc2ccc3nc(N(C)C)sc3n2)C1. The summed E-state index contributed by atoms with van der Waals surface area (Å²) in [5.41, 5.74) is 0.899. The lowest BCUT2D eigenvalue weighted by molar-refractivity contribution is -0.120. The fourth-order valence-corrected chi connectivity index (χ4v) is 3.73. The minimum absolute atomic E-state index is 0.0240. The minimum atomic E-state index is -0.0240. The number of hydrogen-bond acceptors (Lipinski definition) is 7. The quantitative estimate of drug-likeness (QED) is 0.760. The summed E-state index contributed by atoms with van der Waals surface area (Å²) in [5, 5.41) is 3.77. The van der Waals surface area contributed by atoms with Crippen molar-refractivity contribution in [2.24, 2.45) is 5.92 Å². The molecule has 1 saturated carbocycles. The number of carbonyl (C=O) groups excluding carboxylic acids is 1. The van der Waals surface area contributed by atoms with E-state index < -0.39 is 0 Å². The maximum atomic E-state index is 11.0. The number of carbonyl (C=O) groups is 1. The van der Waals surface area contributed by atoms with Crippen molar-refractivity contribution in [1.29, 1.82) is 0 Å². The minimum Gasteiger partial charge on any atom is -0.477 e. The number of amides is 1. The molecule has 0 bridgehead atoms. The number of pyridine rings is 1. The van der Waals surface area contributed by atoms with Gasteiger partial charge in [0.05, 0.1) is 19.3 Å². The number of nitrogens with zero attached hydrogens (tertiary/aromatic N) is 3. The van der Waals surface area contributed by atoms with Gasteiger partial charge >= 0.3 is 0 Å². The van der Waals surface area contributed by atoms with Crippen LogP contribution in [0.25, 0.3) is 10.3 Å². The van der Waals surface area contributed by atoms with Crippen LogP contribution in [0.3, 0.4) is 0 Å². The number of fused-ring (bicyclic) bond motifs is 1. The molecule has 1 aliphatic rings. The molecule has 1 aliphatic carbocycles. The first-order chi connectivity index (χ1) is 12.4. The lowest BCUT2D eigenvalue weighted by Crippen LogP contribution is -2.40. The Bertz CT molecular complexity index is 758. The number of ether oxygens (including phenoxy) is 2. The van der Waals surface area contributed by atoms with Gasteiger partial charge in [0.1, 0.15) is 10.3 Å². The van der Waals surface area contributed by atoms with Crippen LogP contribution in [-0.4, -0.2) is 55.3 Å². The van der Waals surface area contributed by atoms with E-state index in [1.165, 1.54) is 6.92 Å². The van der Waals surface area contributed by atoms with Gasteiger partial charge < -0.3 is 19.7 Å². The lowest BCUT2D eigenvalue weighted by Gasteiger charge is -2.35. The first kappa shape index (κ1) is 18.8. The van der Waals surface area contributed by atoms with Crippen LogP contribution in [0.2, 0.25) is 0 Å². The third-order valence-corrected chi connectivity index (χ3v) is 5.43. The predicted octanol–water partition coefficient (Wildman–Crippen LogP) is 2.46. The van der Waals surface area contributed by atoms with Crippen LogP contribution in [0.5, 0.6) is 5.88 Å². The average molecular weight is 378 g/mol. The number of rotatable bonds is 8. The van der Waals surface area contributed by atoms with Gasteiger partial charge in [-0.2, -0.15) is 0 Å². The Morgan fingerprint density at radius 1 is 1.38 bits per heavy atom. The van der Waals surface area contributed by atoms with Gasteiger partial charge in [0.15, 0.2) is 5.13 Å². The molecule has 1 fully saturated rings. The molecule has 0 aliphatic heterocycles. The number of anilines is 1. The van der Waals surface area contributed by atoms with Gasteiger partial charge in [-0.3, -0.25) is 4.79 Å². The smallest absolute Gasteiger partial charge is 0.217 e. The second-order valence-corrected chi connectivity index (χ2v) is 8.03. The summed E-state index contributed by atoms with van der Waals surface area (Å²) in [6.45, 7) is 4.67. The summed E-state index contributed by atoms with van der Waals surface area (Å²) < 4.78 is 11.7. The van der Waals surface area contributed by atoms with E-state index in [2.05, 4.69) is 15.3 Å². The van der Waals surface area contributed by atoms with E-state index in [-0.39, 0.29) is 18.1 Å². The summed E-state index contributed by atoms with van der Waals surface area (Å²) in [6, 6.07) is 3.88. The third-order valence-electron chi connectivity index (χ3n) is 4.29. The Labute approximate surface area is 157 Å². The van der Waals surface area contributed by atoms with E-state index in [0.717, 1.165) is 28.3 Å². The van der Waals surface area contributed by atoms with Crippen LogP contribution in [0.1, 0.15) is 26.7 Å². The van der Waals surface area contributed by atoms with E-state index in [1.807, 2.05) is 38.1 Å². The third kappa shape index (κ3) is 4.82. The summed E-state index contributed by atoms with van der Waals surface area (Å²) in [6.07, 6.45) is 2.24. The second-order valence-electron chi connectivity index (χ2n) is 7.07. The van der Waals surface area contributed by atoms with Gasteiger partial charge in [0.2, 0.25) is 11.8 Å². The summed E-state index contributed by atoms with van der Waals surface area (Å²) in [5.74, 6) is 1.12. The molecule has 1 N–H and O–H groups in total. The summed E-state index contributed by atoms with van der Waals surface area (Å²) >= 11 is 1.56. The molecule has 2 aromatic heterocycles. The van der Waals surface area contributed by atoms with Crippen molar-refractivity contribution < 1.29 is 14.3 Å². The molecule has 0 saturated heterocycles. The number of aromatic nitrogens is 2. The molecular formula is C18H26N4O3S. The van der Waals surface area contributed by atoms with Crippen molar-refractivity contribution in [3.63, 3.8) is 0 Å². The second kappa shape index (κ2) is 8.18. The topological polar surface area (TPSA) is 76.6 Å². The lowest BCUT2D eigenvalue weighted by atomic mass is 9.83. The van der Waals surface area contributed by atoms with E-state index in [0.29, 0.717) is 25.0 Å². The van der Waals surface area contributed by atoms with Crippen molar-refractivity contribution >= 4 is 32.7 Å². The molecular weight excluding hydrogens is 352 g/mol. The van der Waals surface area contributed by atoms with Crippen LogP contribution in [0, 0.1) is 5.92 Å². The maximum Gasteiger partial charge on any atom is 0.217 e. The average Bonchev–Trinajstić information content (AvgIpc) is 2.95. The Kier molecular flexibility index (Phi) is 5.93. The zero-order valence-corrected chi connectivity index (χ0v) is 16.5. The first-order valence-corrected chi connectivity index (χ1v) is 9.68. The maximum absolute atomic E-state index is 11.0. The molecule has 1 amide bonds. The highest BCUT2D eigenvalue weighted by molar-refractivity contribution is 7.21. The fraction of sp³-hybridized carbons (Fsp3) is 0.611. The molecule has 2 heterocycles. The van der Waals surface area contributed by atoms with E-state index >= 15 is 0 Å². The number of thiazole rings is 1. The highest BCUT2D eigenvalue weighted by Crippen LogP contribution is 2.31. The molecule has 3 rings (SSSR count). The molecule has 142 valence electrons. The van der Waals surface area contributed by atoms with Crippen molar-refractivity contribution in [1.82, 2.24) is 15.3 Å². The predicted molar refractivity (Wildman–Crippen MR) is 103 cm³/mol. The van der Waals surface area contributed by atoms with E-state index in [1.54, 1.807) is 11.3 Å². The molecule has 7 nitrogen and oxygen atoms in total. The fourth-order valence-electron chi connectivity index (χ4n) is 2.88. The van der Waals surface area contributed by atoms with Crippen LogP contribution in [-0.2, 0) is 9.53 Å². The Morgan fingerprint density at radius 3 is 2.85 bits per heavy atom. The molecule has 1 atom stereocenters. The van der Waals surface area contributed by atoms with Crippen LogP contribution < -0.4 is 15.0 Å². The monoisotopic (exact) mass is 378 g/mol. The zero-order valence-electron chi connectivity index (χ0n) is 15.7. The molecule has 0 unspecified atom stereocenters. The Balaban J connectivity index is 1.40. The molecule has 0 spiro atoms. The summed E-state index contributed by atoms with van der Waals surface area (Å²) in [7, 11) is 3.95. The van der Waals surface area contributed by atoms with E-state index in [4.69, 9.17) is 9.47 Å². The zero-order chi connectivity index (χ0) is 18.7. The van der Waals surface area contributed by atoms with Gasteiger partial charge in [0, 0.05) is 33.1 Å². The molecule has 2 aromatic rings. The highest BCUT2D eigenvalue weighted by atomic mass is 32.1. The van der Waals surface area contributed by atoms with Crippen LogP contribution in [0.4, 0.5) is 5.13 Å². The molecule has 0 aromatic carbocycles. The van der Waals surface area contributed by atoms with E-state index in [9.17, 15) is 4.79 Å². The highest BCUT2D eigenvalue weighted by Gasteiger charge is 2.30. The molecule has 26 heavy (non-hydrogen) atoms. The van der Waals surface area contributed by atoms with Gasteiger partial charge in [0.25, 0.3) is 0 Å². The molecule has 0 radical (unpaired) electrons. The van der Waals surface area contributed by atoms with Gasteiger partial charge in [-0.15, -0.1) is 0 Å². The van der Waals surface area contributed by atoms with Crippen molar-refractivity contribution in [2.75, 3.05) is 32.2 Å². The summed E-state index contributed by atoms with van der Waals surface area (Å²) in [4.78, 5) is 22.9. The normalized spacial score (nSPS) is 20.5. The van der Waals surface area contributed by atoms with Gasteiger partial charge in [-0.25, -0.2) is 9.97 Å². The number of hydrogen-bond donors (Lipinski definition) is 1. The standard InChI is InChI=1S/C18H26N4O3S/c1-11(19-12(2)23)9-24-14-7-13(8-14)10-25-16-6-5-15-17(21-16)26-18(20-15)22(3)4/h5-6,11,13-14H,7-10H2,1-4H3,(H,19,23)/t11-,13-,14-/m0/s1. The van der Waals surface area contributed by atoms with Crippen molar-refractivity contribution in [3.05, 3.63) is 12.1 Å². The Hall–Kier alpha value is -1.93. The van der Waals surface area contributed by atoms with Gasteiger partial charge in [-0.05, 0) is 31.7 Å². The van der Waals surface area contributed by atoms with Crippen molar-refractivity contribution in [2.45, 2.75) is 38.8 Å². The van der Waals surface area contributed by atoms with Crippen LogP contribution >= 0.6 is 11.3 Å². The largest absolute Gasteiger partial charge is 0.477 e. The number of nitrogens with one attached hydrogen (secondary N) is 1. The van der Waals surface area contributed by atoms with Crippen LogP contribution in [0.15, 0.2) is 12.1 Å². The van der Waals surface area contributed by atoms with Crippen molar-refractivity contribution in [3.8, 4) is 5.88 Å². The first-order valence-electron chi connectivity index (χ1n) is 8.87. The Morgan fingerprint density at radius 2 is 2.15 bits per heavy atom. The molecule has 8 heteroatoms.